The van der Waals surface area contributed by atoms with Crippen LogP contribution in [-0.4, -0.2) is 103 Å². The van der Waals surface area contributed by atoms with E-state index >= 15 is 0 Å². The van der Waals surface area contributed by atoms with Crippen LogP contribution >= 0.6 is 0 Å². The summed E-state index contributed by atoms with van der Waals surface area (Å²) in [5.41, 5.74) is 0.280. The molecule has 0 bridgehead atoms. The van der Waals surface area contributed by atoms with Crippen LogP contribution in [0, 0.1) is 45.3 Å². The molecule has 0 aromatic carbocycles. The molecule has 9 nitrogen and oxygen atoms in total. The second-order valence-corrected chi connectivity index (χ2v) is 18.8. The van der Waals surface area contributed by atoms with Crippen molar-refractivity contribution >= 4 is 5.97 Å². The molecule has 12 atom stereocenters. The van der Waals surface area contributed by atoms with Gasteiger partial charge in [0.2, 0.25) is 0 Å². The maximum absolute atomic E-state index is 12.5. The van der Waals surface area contributed by atoms with Gasteiger partial charge in [0, 0.05) is 21.5 Å². The highest BCUT2D eigenvalue weighted by Gasteiger charge is 2.80. The minimum atomic E-state index is -1.14. The maximum atomic E-state index is 12.5. The number of carbonyl (C=O) groups is 1. The van der Waals surface area contributed by atoms with Gasteiger partial charge in [-0.2, -0.15) is 0 Å². The van der Waals surface area contributed by atoms with Crippen LogP contribution in [0.2, 0.25) is 0 Å². The number of esters is 1. The van der Waals surface area contributed by atoms with E-state index in [1.165, 1.54) is 38.5 Å². The monoisotopic (exact) mass is 692 g/mol. The molecular weight excluding hydrogens is 622 g/mol. The second-order valence-electron chi connectivity index (χ2n) is 18.8. The molecule has 5 saturated carbocycles. The summed E-state index contributed by atoms with van der Waals surface area (Å²) in [6.45, 7) is 17.5. The fourth-order valence-corrected chi connectivity index (χ4v) is 13.5. The molecule has 9 unspecified atom stereocenters. The highest BCUT2D eigenvalue weighted by Crippen LogP contribution is 2.87. The van der Waals surface area contributed by atoms with Gasteiger partial charge >= 0.3 is 5.97 Å². The van der Waals surface area contributed by atoms with Crippen molar-refractivity contribution in [3.05, 3.63) is 0 Å². The molecule has 3 heterocycles. The van der Waals surface area contributed by atoms with Gasteiger partial charge in [0.25, 0.3) is 0 Å². The van der Waals surface area contributed by atoms with Gasteiger partial charge in [0.15, 0.2) is 12.4 Å². The summed E-state index contributed by atoms with van der Waals surface area (Å²) in [5.74, 6) is 2.52. The van der Waals surface area contributed by atoms with E-state index < -0.39 is 11.7 Å². The van der Waals surface area contributed by atoms with Crippen molar-refractivity contribution in [2.45, 2.75) is 161 Å². The number of ether oxygens (including phenoxy) is 5. The van der Waals surface area contributed by atoms with Gasteiger partial charge in [-0.15, -0.1) is 0 Å². The Bertz CT molecular complexity index is 1210. The predicted molar refractivity (Wildman–Crippen MR) is 188 cm³/mol. The molecule has 8 aliphatic rings. The van der Waals surface area contributed by atoms with E-state index in [2.05, 4.69) is 25.7 Å². The fourth-order valence-electron chi connectivity index (χ4n) is 13.5. The molecule has 8 rings (SSSR count). The number of hydrogen-bond donors (Lipinski definition) is 2. The lowest BCUT2D eigenvalue weighted by molar-refractivity contribution is -0.253. The standard InChI is InChI=1S/C39H63NO7.CH4O.H2/c1-7-8-32(41)47-34(36(4,5)42)28-11-9-26-29(45-28)19-27-25-10-12-30-35(2,3)31(46-33-20-40(17-18-44-33)24-21-43-22-24)13-14-39(30)23-38(25,39)16-15-37(26,27)6;1-2;/h24-31,33-34,42H,7-23H2,1-6H3;2H,1H3;1H/t25?,26?,27?,28?,29?,30?,31-,33?,34-,37?,38-,39?;;/m0../s1. The zero-order chi connectivity index (χ0) is 35.0. The van der Waals surface area contributed by atoms with Crippen LogP contribution in [0.15, 0.2) is 0 Å². The molecule has 3 saturated heterocycles. The van der Waals surface area contributed by atoms with E-state index in [9.17, 15) is 9.90 Å². The van der Waals surface area contributed by atoms with Crippen LogP contribution in [0.4, 0.5) is 0 Å². The summed E-state index contributed by atoms with van der Waals surface area (Å²) in [6.07, 6.45) is 12.9. The molecule has 2 spiro atoms. The Kier molecular flexibility index (Phi) is 9.88. The molecule has 8 fully saturated rings. The van der Waals surface area contributed by atoms with E-state index in [0.717, 1.165) is 78.0 Å². The van der Waals surface area contributed by atoms with E-state index in [-0.39, 0.29) is 37.4 Å². The zero-order valence-electron chi connectivity index (χ0n) is 31.6. The second kappa shape index (κ2) is 13.2. The molecule has 0 amide bonds. The Morgan fingerprint density at radius 3 is 2.45 bits per heavy atom. The van der Waals surface area contributed by atoms with Crippen LogP contribution < -0.4 is 0 Å². The average molecular weight is 692 g/mol. The van der Waals surface area contributed by atoms with Crippen LogP contribution in [0.25, 0.3) is 0 Å². The molecule has 282 valence electrons. The molecule has 0 aromatic heterocycles. The van der Waals surface area contributed by atoms with Crippen LogP contribution in [0.3, 0.4) is 0 Å². The third-order valence-corrected chi connectivity index (χ3v) is 15.8. The van der Waals surface area contributed by atoms with Gasteiger partial charge < -0.3 is 33.9 Å². The summed E-state index contributed by atoms with van der Waals surface area (Å²) in [6, 6.07) is 0.535. The number of carbonyl (C=O) groups excluding carboxylic acids is 1. The third-order valence-electron chi connectivity index (χ3n) is 15.8. The van der Waals surface area contributed by atoms with Gasteiger partial charge in [-0.1, -0.05) is 27.7 Å². The van der Waals surface area contributed by atoms with Crippen molar-refractivity contribution in [2.75, 3.05) is 40.0 Å². The summed E-state index contributed by atoms with van der Waals surface area (Å²) < 4.78 is 31.4. The lowest BCUT2D eigenvalue weighted by Crippen LogP contribution is -2.58. The minimum absolute atomic E-state index is 0. The van der Waals surface area contributed by atoms with Crippen molar-refractivity contribution in [2.24, 2.45) is 45.3 Å². The van der Waals surface area contributed by atoms with Crippen molar-refractivity contribution in [3.63, 3.8) is 0 Å². The quantitative estimate of drug-likeness (QED) is 0.298. The molecule has 0 radical (unpaired) electrons. The lowest BCUT2D eigenvalue weighted by atomic mass is 9.46. The SMILES string of the molecule is CCCC(=O)O[C@@H](C1CCC2C(CC3C4CCC5C(C)(C)[C@@H](OC6CN(C7COC7)CCO6)CCC56C[C@@]46CCC23C)O1)C(C)(C)O.CO.[HH]. The highest BCUT2D eigenvalue weighted by molar-refractivity contribution is 5.69. The smallest absolute Gasteiger partial charge is 0.306 e. The molecule has 0 aromatic rings. The topological polar surface area (TPSA) is 107 Å². The number of nitrogens with zero attached hydrogens (tertiary/aromatic N) is 1. The van der Waals surface area contributed by atoms with Gasteiger partial charge in [-0.3, -0.25) is 9.69 Å². The lowest BCUT2D eigenvalue weighted by Gasteiger charge is -2.60. The number of hydrogen-bond acceptors (Lipinski definition) is 9. The third kappa shape index (κ3) is 5.86. The number of aliphatic hydroxyl groups excluding tert-OH is 1. The average Bonchev–Trinajstić information content (AvgIpc) is 3.61. The van der Waals surface area contributed by atoms with E-state index in [0.29, 0.717) is 46.5 Å². The molecule has 3 aliphatic heterocycles. The van der Waals surface area contributed by atoms with E-state index in [1.807, 2.05) is 6.92 Å². The largest absolute Gasteiger partial charge is 0.457 e. The first-order valence-corrected chi connectivity index (χ1v) is 19.9. The Morgan fingerprint density at radius 1 is 1.00 bits per heavy atom. The number of morpholine rings is 1. The molecular formula is C40H69NO8. The molecule has 9 heteroatoms. The van der Waals surface area contributed by atoms with E-state index in [1.54, 1.807) is 13.8 Å². The number of rotatable bonds is 8. The summed E-state index contributed by atoms with van der Waals surface area (Å²) in [4.78, 5) is 15.1. The van der Waals surface area contributed by atoms with Crippen molar-refractivity contribution in [1.82, 2.24) is 4.90 Å². The van der Waals surface area contributed by atoms with Crippen molar-refractivity contribution in [3.8, 4) is 0 Å². The van der Waals surface area contributed by atoms with E-state index in [4.69, 9.17) is 28.8 Å². The molecule has 49 heavy (non-hydrogen) atoms. The summed E-state index contributed by atoms with van der Waals surface area (Å²) >= 11 is 0. The zero-order valence-corrected chi connectivity index (χ0v) is 31.6. The van der Waals surface area contributed by atoms with Gasteiger partial charge in [-0.05, 0) is 130 Å². The fraction of sp³-hybridized carbons (Fsp3) is 0.975. The highest BCUT2D eigenvalue weighted by atomic mass is 16.7. The van der Waals surface area contributed by atoms with Gasteiger partial charge in [0.05, 0.1) is 56.3 Å². The maximum Gasteiger partial charge on any atom is 0.306 e. The first kappa shape index (κ1) is 36.5. The number of fused-ring (bicyclic) bond motifs is 4. The Morgan fingerprint density at radius 2 is 1.76 bits per heavy atom. The molecule has 2 N–H and O–H groups in total. The first-order chi connectivity index (χ1) is 23.3. The Balaban J connectivity index is 0.00000142. The van der Waals surface area contributed by atoms with Crippen molar-refractivity contribution < 1.29 is 40.1 Å². The molecule has 5 aliphatic carbocycles. The Hall–Kier alpha value is -0.810. The first-order valence-electron chi connectivity index (χ1n) is 19.9. The summed E-state index contributed by atoms with van der Waals surface area (Å²) in [5, 5.41) is 18.1. The van der Waals surface area contributed by atoms with Crippen LogP contribution in [0.5, 0.6) is 0 Å². The van der Waals surface area contributed by atoms with Crippen LogP contribution in [-0.2, 0) is 28.5 Å². The minimum Gasteiger partial charge on any atom is -0.457 e. The number of aliphatic hydroxyl groups is 2. The van der Waals surface area contributed by atoms with Crippen molar-refractivity contribution in [1.29, 1.82) is 0 Å². The van der Waals surface area contributed by atoms with Gasteiger partial charge in [-0.25, -0.2) is 0 Å². The summed E-state index contributed by atoms with van der Waals surface area (Å²) in [7, 11) is 1.00. The van der Waals surface area contributed by atoms with Gasteiger partial charge in [0.1, 0.15) is 0 Å². The predicted octanol–water partition coefficient (Wildman–Crippen LogP) is 5.97. The van der Waals surface area contributed by atoms with Crippen LogP contribution in [0.1, 0.15) is 120 Å². The Labute approximate surface area is 296 Å². The normalized spacial score (nSPS) is 46.3.